The van der Waals surface area contributed by atoms with Gasteiger partial charge < -0.3 is 23.7 Å². The first-order valence-corrected chi connectivity index (χ1v) is 16.9. The molecule has 7 nitrogen and oxygen atoms in total. The summed E-state index contributed by atoms with van der Waals surface area (Å²) >= 11 is 1.53. The van der Waals surface area contributed by atoms with Gasteiger partial charge in [-0.3, -0.25) is 9.59 Å². The quantitative estimate of drug-likeness (QED) is 0.0716. The van der Waals surface area contributed by atoms with E-state index in [9.17, 15) is 9.59 Å². The first-order valence-electron chi connectivity index (χ1n) is 16.0. The van der Waals surface area contributed by atoms with Crippen molar-refractivity contribution in [3.8, 4) is 16.6 Å². The molecule has 1 aromatic heterocycles. The van der Waals surface area contributed by atoms with E-state index in [4.69, 9.17) is 23.7 Å². The number of rotatable bonds is 15. The molecular formula is C39H46O7S. The molecular weight excluding hydrogens is 612 g/mol. The Morgan fingerprint density at radius 1 is 0.574 bits per heavy atom. The molecule has 0 aliphatic heterocycles. The Kier molecular flexibility index (Phi) is 12.1. The van der Waals surface area contributed by atoms with Gasteiger partial charge in [-0.2, -0.15) is 0 Å². The maximum Gasteiger partial charge on any atom is 0.306 e. The number of hydrogen-bond acceptors (Lipinski definition) is 8. The molecule has 0 aliphatic carbocycles. The van der Waals surface area contributed by atoms with Crippen molar-refractivity contribution >= 4 is 23.3 Å². The maximum absolute atomic E-state index is 12.1. The van der Waals surface area contributed by atoms with Crippen LogP contribution < -0.4 is 14.2 Å². The smallest absolute Gasteiger partial charge is 0.306 e. The lowest BCUT2D eigenvalue weighted by Crippen LogP contribution is -2.35. The summed E-state index contributed by atoms with van der Waals surface area (Å²) in [4.78, 5) is 24.1. The SMILES string of the molecule is CC(C)(C)OC(=O)CCCOc1ccc(C(Oc2cccs2)(c2ccccc2)c2ccc(OCCCC(=O)OC(C)(C)C)cc2)cc1. The summed E-state index contributed by atoms with van der Waals surface area (Å²) in [5.74, 6) is 0.941. The van der Waals surface area contributed by atoms with Gasteiger partial charge in [0.25, 0.3) is 0 Å². The van der Waals surface area contributed by atoms with Crippen LogP contribution in [0.4, 0.5) is 0 Å². The van der Waals surface area contributed by atoms with Crippen molar-refractivity contribution in [2.24, 2.45) is 0 Å². The molecule has 0 saturated carbocycles. The third kappa shape index (κ3) is 10.9. The Hall–Kier alpha value is -4.30. The van der Waals surface area contributed by atoms with Crippen molar-refractivity contribution < 1.29 is 33.3 Å². The molecule has 4 rings (SSSR count). The number of carbonyl (C=O) groups excluding carboxylic acids is 2. The van der Waals surface area contributed by atoms with Crippen LogP contribution in [0.1, 0.15) is 83.9 Å². The Morgan fingerprint density at radius 3 is 1.43 bits per heavy atom. The summed E-state index contributed by atoms with van der Waals surface area (Å²) < 4.78 is 29.7. The van der Waals surface area contributed by atoms with E-state index in [0.29, 0.717) is 50.4 Å². The fourth-order valence-corrected chi connectivity index (χ4v) is 5.61. The van der Waals surface area contributed by atoms with Gasteiger partial charge in [0, 0.05) is 29.5 Å². The van der Waals surface area contributed by atoms with Crippen LogP contribution in [0.25, 0.3) is 0 Å². The molecule has 0 radical (unpaired) electrons. The zero-order valence-electron chi connectivity index (χ0n) is 28.2. The molecule has 3 aromatic carbocycles. The molecule has 250 valence electrons. The van der Waals surface area contributed by atoms with Crippen molar-refractivity contribution in [3.05, 3.63) is 113 Å². The summed E-state index contributed by atoms with van der Waals surface area (Å²) in [7, 11) is 0. The minimum atomic E-state index is -0.976. The third-order valence-electron chi connectivity index (χ3n) is 6.88. The second kappa shape index (κ2) is 16.0. The third-order valence-corrected chi connectivity index (χ3v) is 7.62. The molecule has 0 unspecified atom stereocenters. The first-order chi connectivity index (χ1) is 22.3. The van der Waals surface area contributed by atoms with Crippen molar-refractivity contribution in [1.82, 2.24) is 0 Å². The van der Waals surface area contributed by atoms with Gasteiger partial charge >= 0.3 is 11.9 Å². The van der Waals surface area contributed by atoms with E-state index in [0.717, 1.165) is 21.8 Å². The highest BCUT2D eigenvalue weighted by Crippen LogP contribution is 2.43. The van der Waals surface area contributed by atoms with Crippen LogP contribution in [-0.4, -0.2) is 36.4 Å². The molecule has 0 bridgehead atoms. The van der Waals surface area contributed by atoms with Crippen LogP contribution in [0.3, 0.4) is 0 Å². The maximum atomic E-state index is 12.1. The molecule has 0 saturated heterocycles. The summed E-state index contributed by atoms with van der Waals surface area (Å²) in [5.41, 5.74) is 0.830. The van der Waals surface area contributed by atoms with Gasteiger partial charge in [-0.1, -0.05) is 54.6 Å². The van der Waals surface area contributed by atoms with Crippen LogP contribution in [0.5, 0.6) is 16.6 Å². The molecule has 0 amide bonds. The van der Waals surface area contributed by atoms with E-state index in [1.165, 1.54) is 11.3 Å². The predicted molar refractivity (Wildman–Crippen MR) is 185 cm³/mol. The van der Waals surface area contributed by atoms with Gasteiger partial charge in [0.2, 0.25) is 0 Å². The van der Waals surface area contributed by atoms with Crippen molar-refractivity contribution in [3.63, 3.8) is 0 Å². The number of carbonyl (C=O) groups is 2. The van der Waals surface area contributed by atoms with Crippen LogP contribution in [0, 0.1) is 0 Å². The second-order valence-corrected chi connectivity index (χ2v) is 14.1. The zero-order chi connectivity index (χ0) is 33.9. The molecule has 0 fully saturated rings. The minimum absolute atomic E-state index is 0.230. The largest absolute Gasteiger partial charge is 0.494 e. The fraction of sp³-hybridized carbons (Fsp3) is 0.385. The highest BCUT2D eigenvalue weighted by molar-refractivity contribution is 7.11. The lowest BCUT2D eigenvalue weighted by atomic mass is 9.80. The van der Waals surface area contributed by atoms with E-state index in [1.807, 2.05) is 126 Å². The van der Waals surface area contributed by atoms with Crippen molar-refractivity contribution in [1.29, 1.82) is 0 Å². The molecule has 0 spiro atoms. The molecule has 8 heteroatoms. The molecule has 0 N–H and O–H groups in total. The van der Waals surface area contributed by atoms with Crippen molar-refractivity contribution in [2.75, 3.05) is 13.2 Å². The summed E-state index contributed by atoms with van der Waals surface area (Å²) in [6, 6.07) is 29.9. The Balaban J connectivity index is 1.53. The Bertz CT molecular complexity index is 1450. The second-order valence-electron chi connectivity index (χ2n) is 13.2. The standard InChI is InChI=1S/C39H46O7S/c1-37(2,3)44-34(40)15-10-26-42-32-22-18-30(19-23-32)39(29-13-8-7-9-14-29,46-36-17-12-28-47-36)31-20-24-33(25-21-31)43-27-11-16-35(41)45-38(4,5)6/h7-9,12-14,17-25,28H,10-11,15-16,26-27H2,1-6H3. The lowest BCUT2D eigenvalue weighted by Gasteiger charge is -2.36. The molecule has 1 heterocycles. The Labute approximate surface area is 282 Å². The van der Waals surface area contributed by atoms with E-state index in [1.54, 1.807) is 0 Å². The minimum Gasteiger partial charge on any atom is -0.494 e. The fourth-order valence-electron chi connectivity index (χ4n) is 4.99. The molecule has 0 aliphatic rings. The predicted octanol–water partition coefficient (Wildman–Crippen LogP) is 9.12. The van der Waals surface area contributed by atoms with E-state index in [2.05, 4.69) is 12.1 Å². The van der Waals surface area contributed by atoms with Gasteiger partial charge in [-0.15, -0.1) is 11.3 Å². The summed E-state index contributed by atoms with van der Waals surface area (Å²) in [6.07, 6.45) is 1.71. The first kappa shape index (κ1) is 35.6. The van der Waals surface area contributed by atoms with Gasteiger partial charge in [-0.05, 0) is 96.2 Å². The van der Waals surface area contributed by atoms with Crippen molar-refractivity contribution in [2.45, 2.75) is 84.0 Å². The van der Waals surface area contributed by atoms with E-state index in [-0.39, 0.29) is 11.9 Å². The number of esters is 2. The van der Waals surface area contributed by atoms with Crippen LogP contribution in [-0.2, 0) is 24.7 Å². The highest BCUT2D eigenvalue weighted by Gasteiger charge is 2.39. The molecule has 4 aromatic rings. The molecule has 47 heavy (non-hydrogen) atoms. The average molecular weight is 659 g/mol. The Morgan fingerprint density at radius 2 is 1.02 bits per heavy atom. The average Bonchev–Trinajstić information content (AvgIpc) is 3.53. The zero-order valence-corrected chi connectivity index (χ0v) is 29.1. The van der Waals surface area contributed by atoms with Crippen LogP contribution in [0.2, 0.25) is 0 Å². The number of benzene rings is 3. The number of ether oxygens (including phenoxy) is 5. The molecule has 0 atom stereocenters. The summed E-state index contributed by atoms with van der Waals surface area (Å²) in [6.45, 7) is 12.0. The lowest BCUT2D eigenvalue weighted by molar-refractivity contribution is -0.156. The topological polar surface area (TPSA) is 80.3 Å². The normalized spacial score (nSPS) is 11.9. The monoisotopic (exact) mass is 658 g/mol. The number of hydrogen-bond donors (Lipinski definition) is 0. The summed E-state index contributed by atoms with van der Waals surface area (Å²) in [5, 5.41) is 2.77. The number of thiophene rings is 1. The van der Waals surface area contributed by atoms with Gasteiger partial charge in [0.15, 0.2) is 10.7 Å². The van der Waals surface area contributed by atoms with Gasteiger partial charge in [0.1, 0.15) is 22.7 Å². The van der Waals surface area contributed by atoms with E-state index < -0.39 is 16.8 Å². The highest BCUT2D eigenvalue weighted by atomic mass is 32.1. The van der Waals surface area contributed by atoms with Crippen LogP contribution in [0.15, 0.2) is 96.4 Å². The van der Waals surface area contributed by atoms with Gasteiger partial charge in [0.05, 0.1) is 13.2 Å². The van der Waals surface area contributed by atoms with Gasteiger partial charge in [-0.25, -0.2) is 0 Å². The van der Waals surface area contributed by atoms with Crippen LogP contribution >= 0.6 is 11.3 Å². The van der Waals surface area contributed by atoms with E-state index >= 15 is 0 Å².